The van der Waals surface area contributed by atoms with Gasteiger partial charge >= 0.3 is 5.97 Å². The van der Waals surface area contributed by atoms with E-state index in [4.69, 9.17) is 23.7 Å². The van der Waals surface area contributed by atoms with Gasteiger partial charge in [0.2, 0.25) is 0 Å². The molecule has 0 spiro atoms. The Labute approximate surface area is 155 Å². The lowest BCUT2D eigenvalue weighted by molar-refractivity contribution is -0.217. The monoisotopic (exact) mass is 366 g/mol. The summed E-state index contributed by atoms with van der Waals surface area (Å²) in [5.41, 5.74) is 1.18. The molecule has 1 fully saturated rings. The SMILES string of the molecule is COc1cc(CCCCOC2CC(OC(C)=O)CC(C)O2)cc(OC)c1. The smallest absolute Gasteiger partial charge is 0.302 e. The van der Waals surface area contributed by atoms with Crippen LogP contribution >= 0.6 is 0 Å². The van der Waals surface area contributed by atoms with Crippen LogP contribution in [0.5, 0.6) is 11.5 Å². The van der Waals surface area contributed by atoms with Crippen molar-refractivity contribution in [2.75, 3.05) is 20.8 Å². The van der Waals surface area contributed by atoms with Crippen LogP contribution in [0.1, 0.15) is 45.1 Å². The van der Waals surface area contributed by atoms with Crippen molar-refractivity contribution in [2.45, 2.75) is 64.4 Å². The van der Waals surface area contributed by atoms with Crippen LogP contribution in [0.2, 0.25) is 0 Å². The fourth-order valence-electron chi connectivity index (χ4n) is 3.15. The van der Waals surface area contributed by atoms with Crippen LogP contribution < -0.4 is 9.47 Å². The molecule has 1 heterocycles. The summed E-state index contributed by atoms with van der Waals surface area (Å²) < 4.78 is 27.5. The van der Waals surface area contributed by atoms with Gasteiger partial charge < -0.3 is 23.7 Å². The Balaban J connectivity index is 1.71. The molecule has 3 unspecified atom stereocenters. The van der Waals surface area contributed by atoms with E-state index in [1.807, 2.05) is 25.1 Å². The van der Waals surface area contributed by atoms with Gasteiger partial charge in [0.1, 0.15) is 17.6 Å². The summed E-state index contributed by atoms with van der Waals surface area (Å²) in [4.78, 5) is 11.1. The Kier molecular flexibility index (Phi) is 8.19. The number of benzene rings is 1. The van der Waals surface area contributed by atoms with Crippen LogP contribution in [0.3, 0.4) is 0 Å². The average Bonchev–Trinajstić information content (AvgIpc) is 2.60. The molecule has 146 valence electrons. The Bertz CT molecular complexity index is 551. The van der Waals surface area contributed by atoms with Crippen LogP contribution in [0.25, 0.3) is 0 Å². The van der Waals surface area contributed by atoms with E-state index >= 15 is 0 Å². The number of aryl methyl sites for hydroxylation is 1. The molecule has 0 radical (unpaired) electrons. The Morgan fingerprint density at radius 3 is 2.42 bits per heavy atom. The molecule has 26 heavy (non-hydrogen) atoms. The first-order chi connectivity index (χ1) is 12.5. The average molecular weight is 366 g/mol. The zero-order valence-electron chi connectivity index (χ0n) is 16.2. The number of carbonyl (C=O) groups is 1. The van der Waals surface area contributed by atoms with Crippen molar-refractivity contribution < 1.29 is 28.5 Å². The van der Waals surface area contributed by atoms with Crippen LogP contribution in [-0.2, 0) is 25.4 Å². The summed E-state index contributed by atoms with van der Waals surface area (Å²) in [5, 5.41) is 0. The molecule has 1 aliphatic heterocycles. The predicted octanol–water partition coefficient (Wildman–Crippen LogP) is 3.50. The van der Waals surface area contributed by atoms with Crippen molar-refractivity contribution in [1.29, 1.82) is 0 Å². The highest BCUT2D eigenvalue weighted by atomic mass is 16.7. The fourth-order valence-corrected chi connectivity index (χ4v) is 3.15. The highest BCUT2D eigenvalue weighted by Gasteiger charge is 2.29. The minimum atomic E-state index is -0.306. The van der Waals surface area contributed by atoms with Crippen LogP contribution in [0.4, 0.5) is 0 Å². The first kappa shape index (κ1) is 20.5. The van der Waals surface area contributed by atoms with Gasteiger partial charge in [-0.25, -0.2) is 0 Å². The molecule has 1 aromatic carbocycles. The summed E-state index contributed by atoms with van der Waals surface area (Å²) in [6.45, 7) is 4.02. The maximum atomic E-state index is 11.1. The van der Waals surface area contributed by atoms with Crippen molar-refractivity contribution in [3.63, 3.8) is 0 Å². The maximum Gasteiger partial charge on any atom is 0.302 e. The van der Waals surface area contributed by atoms with E-state index in [2.05, 4.69) is 0 Å². The third kappa shape index (κ3) is 6.84. The highest BCUT2D eigenvalue weighted by Crippen LogP contribution is 2.25. The molecular weight excluding hydrogens is 336 g/mol. The summed E-state index contributed by atoms with van der Waals surface area (Å²) in [6, 6.07) is 5.92. The molecule has 0 amide bonds. The van der Waals surface area contributed by atoms with Gasteiger partial charge in [0, 0.05) is 32.4 Å². The van der Waals surface area contributed by atoms with Gasteiger partial charge in [-0.15, -0.1) is 0 Å². The van der Waals surface area contributed by atoms with Gasteiger partial charge in [0.25, 0.3) is 0 Å². The van der Waals surface area contributed by atoms with Gasteiger partial charge in [0.15, 0.2) is 6.29 Å². The van der Waals surface area contributed by atoms with Gasteiger partial charge in [-0.1, -0.05) is 0 Å². The second kappa shape index (κ2) is 10.4. The third-order valence-electron chi connectivity index (χ3n) is 4.34. The largest absolute Gasteiger partial charge is 0.497 e. The first-order valence-electron chi connectivity index (χ1n) is 9.16. The molecule has 3 atom stereocenters. The highest BCUT2D eigenvalue weighted by molar-refractivity contribution is 5.66. The molecule has 1 aliphatic rings. The van der Waals surface area contributed by atoms with Crippen LogP contribution in [0.15, 0.2) is 18.2 Å². The number of hydrogen-bond acceptors (Lipinski definition) is 6. The first-order valence-corrected chi connectivity index (χ1v) is 9.16. The number of unbranched alkanes of at least 4 members (excludes halogenated alkanes) is 1. The van der Waals surface area contributed by atoms with E-state index in [0.717, 1.165) is 37.2 Å². The fraction of sp³-hybridized carbons (Fsp3) is 0.650. The van der Waals surface area contributed by atoms with Gasteiger partial charge in [-0.2, -0.15) is 0 Å². The zero-order chi connectivity index (χ0) is 18.9. The van der Waals surface area contributed by atoms with E-state index in [-0.39, 0.29) is 24.5 Å². The molecule has 0 aliphatic carbocycles. The molecule has 6 nitrogen and oxygen atoms in total. The Hall–Kier alpha value is -1.79. The van der Waals surface area contributed by atoms with Crippen molar-refractivity contribution in [3.8, 4) is 11.5 Å². The normalized spacial score (nSPS) is 22.7. The molecular formula is C20H30O6. The van der Waals surface area contributed by atoms with Crippen LogP contribution in [-0.4, -0.2) is 45.3 Å². The third-order valence-corrected chi connectivity index (χ3v) is 4.34. The number of methoxy groups -OCH3 is 2. The molecule has 0 bridgehead atoms. The van der Waals surface area contributed by atoms with E-state index in [1.54, 1.807) is 14.2 Å². The summed E-state index contributed by atoms with van der Waals surface area (Å²) >= 11 is 0. The molecule has 0 aromatic heterocycles. The number of hydrogen-bond donors (Lipinski definition) is 0. The van der Waals surface area contributed by atoms with Crippen molar-refractivity contribution in [1.82, 2.24) is 0 Å². The number of esters is 1. The topological polar surface area (TPSA) is 63.2 Å². The van der Waals surface area contributed by atoms with E-state index < -0.39 is 0 Å². The minimum Gasteiger partial charge on any atom is -0.497 e. The molecule has 0 N–H and O–H groups in total. The zero-order valence-corrected chi connectivity index (χ0v) is 16.2. The summed E-state index contributed by atoms with van der Waals surface area (Å²) in [7, 11) is 3.31. The second-order valence-corrected chi connectivity index (χ2v) is 6.63. The van der Waals surface area contributed by atoms with E-state index in [9.17, 15) is 4.79 Å². The second-order valence-electron chi connectivity index (χ2n) is 6.63. The lowest BCUT2D eigenvalue weighted by Crippen LogP contribution is -2.38. The number of carbonyl (C=O) groups excluding carboxylic acids is 1. The number of ether oxygens (including phenoxy) is 5. The Morgan fingerprint density at radius 1 is 1.12 bits per heavy atom. The van der Waals surface area contributed by atoms with E-state index in [1.165, 1.54) is 12.5 Å². The van der Waals surface area contributed by atoms with Crippen molar-refractivity contribution in [3.05, 3.63) is 23.8 Å². The molecule has 1 saturated heterocycles. The van der Waals surface area contributed by atoms with E-state index in [0.29, 0.717) is 13.0 Å². The van der Waals surface area contributed by atoms with Gasteiger partial charge in [-0.05, 0) is 43.9 Å². The number of rotatable bonds is 9. The van der Waals surface area contributed by atoms with Crippen molar-refractivity contribution >= 4 is 5.97 Å². The standard InChI is InChI=1S/C20H30O6/c1-14-9-19(26-15(2)21)13-20(25-14)24-8-6-5-7-16-10-17(22-3)12-18(11-16)23-4/h10-12,14,19-20H,5-9,13H2,1-4H3. The minimum absolute atomic E-state index is 0.0300. The van der Waals surface area contributed by atoms with Gasteiger partial charge in [-0.3, -0.25) is 4.79 Å². The molecule has 1 aromatic rings. The lowest BCUT2D eigenvalue weighted by atomic mass is 10.1. The predicted molar refractivity (Wildman–Crippen MR) is 97.6 cm³/mol. The lowest BCUT2D eigenvalue weighted by Gasteiger charge is -2.33. The summed E-state index contributed by atoms with van der Waals surface area (Å²) in [5.74, 6) is 1.35. The maximum absolute atomic E-state index is 11.1. The quantitative estimate of drug-likeness (QED) is 0.492. The van der Waals surface area contributed by atoms with Gasteiger partial charge in [0.05, 0.1) is 20.3 Å². The van der Waals surface area contributed by atoms with Crippen LogP contribution in [0, 0.1) is 0 Å². The molecule has 2 rings (SSSR count). The summed E-state index contributed by atoms with van der Waals surface area (Å²) in [6.07, 6.45) is 3.76. The molecule has 0 saturated carbocycles. The molecule has 6 heteroatoms. The Morgan fingerprint density at radius 2 is 1.81 bits per heavy atom. The van der Waals surface area contributed by atoms with Crippen molar-refractivity contribution in [2.24, 2.45) is 0 Å².